The van der Waals surface area contributed by atoms with Gasteiger partial charge in [0.1, 0.15) is 5.82 Å². The molecule has 1 aliphatic heterocycles. The van der Waals surface area contributed by atoms with Crippen LogP contribution in [0.5, 0.6) is 0 Å². The number of fused-ring (bicyclic) bond motifs is 1. The van der Waals surface area contributed by atoms with Gasteiger partial charge >= 0.3 is 0 Å². The minimum absolute atomic E-state index is 0.0748. The number of benzene rings is 1. The van der Waals surface area contributed by atoms with E-state index in [0.717, 1.165) is 61.2 Å². The molecule has 4 rings (SSSR count). The summed E-state index contributed by atoms with van der Waals surface area (Å²) in [6.45, 7) is 8.58. The average molecular weight is 446 g/mol. The van der Waals surface area contributed by atoms with E-state index in [0.29, 0.717) is 5.82 Å². The van der Waals surface area contributed by atoms with Crippen LogP contribution in [0.25, 0.3) is 11.0 Å². The number of hydrogen-bond donors (Lipinski definition) is 1. The summed E-state index contributed by atoms with van der Waals surface area (Å²) in [6, 6.07) is 15.4. The average Bonchev–Trinajstić information content (AvgIpc) is 2.79. The molecule has 0 atom stereocenters. The summed E-state index contributed by atoms with van der Waals surface area (Å²) in [4.78, 5) is 37.2. The van der Waals surface area contributed by atoms with Crippen molar-refractivity contribution in [3.8, 4) is 0 Å². The molecule has 0 radical (unpaired) electrons. The zero-order valence-corrected chi connectivity index (χ0v) is 19.5. The van der Waals surface area contributed by atoms with Gasteiger partial charge in [-0.3, -0.25) is 24.4 Å². The number of carbonyl (C=O) groups excluding carboxylic acids is 2. The smallest absolute Gasteiger partial charge is 0.223 e. The molecule has 2 amide bonds. The number of anilines is 2. The number of nitrogens with one attached hydrogen (secondary N) is 1. The number of aromatic nitrogens is 2. The number of rotatable bonds is 6. The number of piperidine rings is 1. The predicted molar refractivity (Wildman–Crippen MR) is 130 cm³/mol. The SMILES string of the molecule is CC(C)(C)NC(=O)C1CCN(Cc2cccc(N(C=O)c3ccc4ncccc4n3)c2)CC1. The van der Waals surface area contributed by atoms with Gasteiger partial charge in [0.25, 0.3) is 0 Å². The molecule has 0 spiro atoms. The fraction of sp³-hybridized carbons (Fsp3) is 0.385. The van der Waals surface area contributed by atoms with Crippen LogP contribution in [0.2, 0.25) is 0 Å². The molecule has 3 heterocycles. The standard InChI is InChI=1S/C26H31N5O2/c1-26(2,3)29-25(33)20-11-14-30(15-12-20)17-19-6-4-7-21(16-19)31(18-32)24-10-9-22-23(28-24)8-5-13-27-22/h4-10,13,16,18,20H,11-12,14-15,17H2,1-3H3,(H,29,33). The molecule has 172 valence electrons. The molecule has 1 N–H and O–H groups in total. The lowest BCUT2D eigenvalue weighted by Crippen LogP contribution is -2.46. The molecule has 0 aliphatic carbocycles. The molecule has 1 aromatic carbocycles. The molecule has 0 saturated carbocycles. The van der Waals surface area contributed by atoms with Crippen LogP contribution >= 0.6 is 0 Å². The van der Waals surface area contributed by atoms with Crippen molar-refractivity contribution in [3.63, 3.8) is 0 Å². The van der Waals surface area contributed by atoms with Gasteiger partial charge < -0.3 is 5.32 Å². The van der Waals surface area contributed by atoms with Crippen molar-refractivity contribution < 1.29 is 9.59 Å². The zero-order valence-electron chi connectivity index (χ0n) is 19.5. The number of amides is 2. The maximum Gasteiger partial charge on any atom is 0.223 e. The van der Waals surface area contributed by atoms with Gasteiger partial charge in [-0.05, 0) is 88.7 Å². The van der Waals surface area contributed by atoms with Crippen LogP contribution in [0, 0.1) is 5.92 Å². The highest BCUT2D eigenvalue weighted by atomic mass is 16.2. The van der Waals surface area contributed by atoms with E-state index in [-0.39, 0.29) is 17.4 Å². The molecule has 1 fully saturated rings. The molecule has 1 saturated heterocycles. The fourth-order valence-corrected chi connectivity index (χ4v) is 4.22. The first-order valence-corrected chi connectivity index (χ1v) is 11.4. The number of nitrogens with zero attached hydrogens (tertiary/aromatic N) is 4. The monoisotopic (exact) mass is 445 g/mol. The van der Waals surface area contributed by atoms with Crippen molar-refractivity contribution in [2.45, 2.75) is 45.7 Å². The number of pyridine rings is 2. The Morgan fingerprint density at radius 2 is 1.91 bits per heavy atom. The largest absolute Gasteiger partial charge is 0.351 e. The van der Waals surface area contributed by atoms with Crippen LogP contribution in [-0.4, -0.2) is 45.8 Å². The van der Waals surface area contributed by atoms with E-state index in [1.807, 2.05) is 63.2 Å². The van der Waals surface area contributed by atoms with Gasteiger partial charge in [0.05, 0.1) is 16.7 Å². The summed E-state index contributed by atoms with van der Waals surface area (Å²) >= 11 is 0. The Labute approximate surface area is 194 Å². The van der Waals surface area contributed by atoms with Gasteiger partial charge in [0, 0.05) is 24.2 Å². The highest BCUT2D eigenvalue weighted by Gasteiger charge is 2.27. The van der Waals surface area contributed by atoms with E-state index < -0.39 is 0 Å². The number of likely N-dealkylation sites (tertiary alicyclic amines) is 1. The van der Waals surface area contributed by atoms with Crippen LogP contribution in [0.3, 0.4) is 0 Å². The van der Waals surface area contributed by atoms with E-state index in [4.69, 9.17) is 0 Å². The fourth-order valence-electron chi connectivity index (χ4n) is 4.22. The Bertz CT molecular complexity index is 1130. The van der Waals surface area contributed by atoms with E-state index in [1.54, 1.807) is 11.1 Å². The lowest BCUT2D eigenvalue weighted by Gasteiger charge is -2.33. The quantitative estimate of drug-likeness (QED) is 0.579. The Morgan fingerprint density at radius 1 is 1.12 bits per heavy atom. The third-order valence-corrected chi connectivity index (χ3v) is 5.85. The molecule has 33 heavy (non-hydrogen) atoms. The summed E-state index contributed by atoms with van der Waals surface area (Å²) in [5, 5.41) is 3.10. The first-order chi connectivity index (χ1) is 15.8. The molecule has 7 heteroatoms. The molecule has 0 bridgehead atoms. The van der Waals surface area contributed by atoms with Crippen LogP contribution in [0.4, 0.5) is 11.5 Å². The summed E-state index contributed by atoms with van der Waals surface area (Å²) < 4.78 is 0. The Morgan fingerprint density at radius 3 is 2.64 bits per heavy atom. The second kappa shape index (κ2) is 9.67. The van der Waals surface area contributed by atoms with Crippen molar-refractivity contribution in [1.29, 1.82) is 0 Å². The highest BCUT2D eigenvalue weighted by molar-refractivity contribution is 5.87. The molecule has 0 unspecified atom stereocenters. The van der Waals surface area contributed by atoms with Crippen LogP contribution in [0.1, 0.15) is 39.2 Å². The maximum absolute atomic E-state index is 12.5. The van der Waals surface area contributed by atoms with Crippen molar-refractivity contribution in [2.24, 2.45) is 5.92 Å². The van der Waals surface area contributed by atoms with Gasteiger partial charge in [0.2, 0.25) is 12.3 Å². The molecular formula is C26H31N5O2. The summed E-state index contributed by atoms with van der Waals surface area (Å²) in [5.41, 5.74) is 3.24. The van der Waals surface area contributed by atoms with E-state index >= 15 is 0 Å². The van der Waals surface area contributed by atoms with Crippen molar-refractivity contribution in [2.75, 3.05) is 18.0 Å². The maximum atomic E-state index is 12.5. The third-order valence-electron chi connectivity index (χ3n) is 5.85. The first-order valence-electron chi connectivity index (χ1n) is 11.4. The minimum Gasteiger partial charge on any atom is -0.351 e. The van der Waals surface area contributed by atoms with Crippen LogP contribution in [0.15, 0.2) is 54.7 Å². The van der Waals surface area contributed by atoms with Crippen LogP contribution in [-0.2, 0) is 16.1 Å². The summed E-state index contributed by atoms with van der Waals surface area (Å²) in [7, 11) is 0. The lowest BCUT2D eigenvalue weighted by molar-refractivity contribution is -0.128. The van der Waals surface area contributed by atoms with E-state index in [1.165, 1.54) is 0 Å². The normalized spacial score (nSPS) is 15.4. The van der Waals surface area contributed by atoms with Gasteiger partial charge in [-0.25, -0.2) is 4.98 Å². The van der Waals surface area contributed by atoms with Gasteiger partial charge in [-0.15, -0.1) is 0 Å². The lowest BCUT2D eigenvalue weighted by atomic mass is 9.94. The van der Waals surface area contributed by atoms with E-state index in [2.05, 4.69) is 26.3 Å². The Kier molecular flexibility index (Phi) is 6.70. The molecule has 1 aliphatic rings. The zero-order chi connectivity index (χ0) is 23.4. The molecule has 7 nitrogen and oxygen atoms in total. The molecular weight excluding hydrogens is 414 g/mol. The topological polar surface area (TPSA) is 78.4 Å². The van der Waals surface area contributed by atoms with Gasteiger partial charge in [-0.2, -0.15) is 0 Å². The minimum atomic E-state index is -0.199. The third kappa shape index (κ3) is 5.73. The first kappa shape index (κ1) is 22.9. The Hall–Kier alpha value is -3.32. The van der Waals surface area contributed by atoms with Gasteiger partial charge in [-0.1, -0.05) is 12.1 Å². The molecule has 2 aromatic heterocycles. The van der Waals surface area contributed by atoms with Crippen molar-refractivity contribution >= 4 is 34.9 Å². The predicted octanol–water partition coefficient (Wildman–Crippen LogP) is 4.05. The molecule has 3 aromatic rings. The van der Waals surface area contributed by atoms with Gasteiger partial charge in [0.15, 0.2) is 0 Å². The second-order valence-corrected chi connectivity index (χ2v) is 9.65. The summed E-state index contributed by atoms with van der Waals surface area (Å²) in [6.07, 6.45) is 4.24. The Balaban J connectivity index is 1.42. The second-order valence-electron chi connectivity index (χ2n) is 9.65. The van der Waals surface area contributed by atoms with E-state index in [9.17, 15) is 9.59 Å². The summed E-state index contributed by atoms with van der Waals surface area (Å²) in [5.74, 6) is 0.794. The van der Waals surface area contributed by atoms with Crippen LogP contribution < -0.4 is 10.2 Å². The van der Waals surface area contributed by atoms with Crippen molar-refractivity contribution in [3.05, 3.63) is 60.3 Å². The number of carbonyl (C=O) groups is 2. The highest BCUT2D eigenvalue weighted by Crippen LogP contribution is 2.26. The van der Waals surface area contributed by atoms with Crippen molar-refractivity contribution in [1.82, 2.24) is 20.2 Å². The number of hydrogen-bond acceptors (Lipinski definition) is 5.